The highest BCUT2D eigenvalue weighted by atomic mass is 28.3. The van der Waals surface area contributed by atoms with Crippen LogP contribution in [0.3, 0.4) is 0 Å². The Labute approximate surface area is 170 Å². The smallest absolute Gasteiger partial charge is 0.198 e. The summed E-state index contributed by atoms with van der Waals surface area (Å²) in [4.78, 5) is 0. The van der Waals surface area contributed by atoms with Crippen LogP contribution in [0.25, 0.3) is 0 Å². The van der Waals surface area contributed by atoms with E-state index in [2.05, 4.69) is 52.4 Å². The zero-order valence-corrected chi connectivity index (χ0v) is 23.6. The molecule has 158 valence electrons. The summed E-state index contributed by atoms with van der Waals surface area (Å²) in [7, 11) is -2.92. The predicted molar refractivity (Wildman–Crippen MR) is 131 cm³/mol. The third-order valence-electron chi connectivity index (χ3n) is 5.63. The van der Waals surface area contributed by atoms with Crippen molar-refractivity contribution in [3.8, 4) is 0 Å². The van der Waals surface area contributed by atoms with Crippen LogP contribution in [0.15, 0.2) is 0 Å². The van der Waals surface area contributed by atoms with Crippen LogP contribution >= 0.6 is 0 Å². The van der Waals surface area contributed by atoms with Crippen molar-refractivity contribution in [3.05, 3.63) is 0 Å². The molecule has 1 nitrogen and oxygen atoms in total. The molecule has 0 fully saturated rings. The zero-order valence-electron chi connectivity index (χ0n) is 19.3. The van der Waals surface area contributed by atoms with Gasteiger partial charge in [-0.05, 0) is 12.8 Å². The minimum Gasteiger partial charge on any atom is -0.348 e. The van der Waals surface area contributed by atoms with E-state index in [9.17, 15) is 4.39 Å². The van der Waals surface area contributed by atoms with E-state index < -0.39 is 40.1 Å². The summed E-state index contributed by atoms with van der Waals surface area (Å²) in [6.07, 6.45) is 2.81. The lowest BCUT2D eigenvalue weighted by molar-refractivity contribution is -0.0441. The second-order valence-corrected chi connectivity index (χ2v) is 28.2. The molecule has 0 rings (SSSR count). The van der Waals surface area contributed by atoms with E-state index in [4.69, 9.17) is 4.74 Å². The van der Waals surface area contributed by atoms with Gasteiger partial charge in [0.2, 0.25) is 0 Å². The van der Waals surface area contributed by atoms with E-state index in [1.54, 1.807) is 0 Å². The molecule has 0 bridgehead atoms. The Kier molecular flexibility index (Phi) is 14.3. The van der Waals surface area contributed by atoms with Gasteiger partial charge in [-0.3, -0.25) is 0 Å². The van der Waals surface area contributed by atoms with Gasteiger partial charge in [0.05, 0.1) is 0 Å². The van der Waals surface area contributed by atoms with E-state index in [1.165, 1.54) is 42.7 Å². The molecule has 0 aromatic heterocycles. The summed E-state index contributed by atoms with van der Waals surface area (Å²) < 4.78 is 19.4. The maximum absolute atomic E-state index is 14.0. The molecular formula is C20H49FOSi4. The molecule has 1 unspecified atom stereocenters. The molecule has 1 atom stereocenters. The molecular weight excluding hydrogens is 388 g/mol. The van der Waals surface area contributed by atoms with Crippen molar-refractivity contribution < 1.29 is 9.13 Å². The highest BCUT2D eigenvalue weighted by Gasteiger charge is 2.22. The Bertz CT molecular complexity index is 317. The third kappa shape index (κ3) is 16.9. The monoisotopic (exact) mass is 436 g/mol. The molecule has 0 N–H and O–H groups in total. The van der Waals surface area contributed by atoms with Gasteiger partial charge in [0, 0.05) is 46.8 Å². The van der Waals surface area contributed by atoms with Crippen LogP contribution in [0.4, 0.5) is 4.39 Å². The second kappa shape index (κ2) is 13.9. The van der Waals surface area contributed by atoms with Crippen LogP contribution in [0.1, 0.15) is 25.7 Å². The first-order valence-corrected chi connectivity index (χ1v) is 24.3. The molecule has 0 aliphatic heterocycles. The van der Waals surface area contributed by atoms with E-state index in [1.807, 2.05) is 0 Å². The summed E-state index contributed by atoms with van der Waals surface area (Å²) in [5.41, 5.74) is 0. The van der Waals surface area contributed by atoms with Gasteiger partial charge in [-0.25, -0.2) is 4.39 Å². The maximum atomic E-state index is 14.0. The Morgan fingerprint density at radius 3 is 1.65 bits per heavy atom. The number of hydrogen-bond acceptors (Lipinski definition) is 1. The lowest BCUT2D eigenvalue weighted by atomic mass is 10.2. The number of hydrogen-bond donors (Lipinski definition) is 0. The summed E-state index contributed by atoms with van der Waals surface area (Å²) in [5, 5.41) is 0. The fourth-order valence-corrected chi connectivity index (χ4v) is 17.0. The maximum Gasteiger partial charge on any atom is 0.198 e. The van der Waals surface area contributed by atoms with Gasteiger partial charge in [0.1, 0.15) is 0 Å². The normalized spacial score (nSPS) is 14.4. The fourth-order valence-electron chi connectivity index (χ4n) is 3.36. The van der Waals surface area contributed by atoms with Crippen molar-refractivity contribution >= 4 is 33.7 Å². The van der Waals surface area contributed by atoms with Gasteiger partial charge < -0.3 is 4.74 Å². The number of halogens is 1. The average molecular weight is 437 g/mol. The lowest BCUT2D eigenvalue weighted by Crippen LogP contribution is -2.27. The summed E-state index contributed by atoms with van der Waals surface area (Å²) in [6, 6.07) is 8.55. The topological polar surface area (TPSA) is 9.23 Å². The van der Waals surface area contributed by atoms with Gasteiger partial charge in [0.15, 0.2) is 6.36 Å². The molecule has 0 aromatic carbocycles. The molecule has 0 aromatic rings. The highest BCUT2D eigenvalue weighted by Crippen LogP contribution is 2.24. The highest BCUT2D eigenvalue weighted by molar-refractivity contribution is 6.79. The van der Waals surface area contributed by atoms with E-state index in [-0.39, 0.29) is 0 Å². The van der Waals surface area contributed by atoms with Gasteiger partial charge in [-0.15, -0.1) is 0 Å². The standard InChI is InChI=1S/C20H49FOSi4/c1-23(2)14-18-25(5,6)16-10-9-12-20(21)22-13-11-17-26(7,8)19-15-24(3)4/h20,23-24H,9-19H2,1-8H3. The quantitative estimate of drug-likeness (QED) is 0.183. The Morgan fingerprint density at radius 1 is 0.731 bits per heavy atom. The van der Waals surface area contributed by atoms with Crippen molar-refractivity contribution in [1.82, 2.24) is 0 Å². The van der Waals surface area contributed by atoms with Crippen LogP contribution in [0.2, 0.25) is 88.6 Å². The molecule has 0 saturated carbocycles. The summed E-state index contributed by atoms with van der Waals surface area (Å²) in [5.74, 6) is 0. The van der Waals surface area contributed by atoms with Crippen molar-refractivity contribution in [2.45, 2.75) is 121 Å². The van der Waals surface area contributed by atoms with Gasteiger partial charge in [-0.2, -0.15) is 0 Å². The molecule has 0 radical (unpaired) electrons. The van der Waals surface area contributed by atoms with Crippen LogP contribution in [0.5, 0.6) is 0 Å². The molecule has 0 saturated heterocycles. The van der Waals surface area contributed by atoms with Crippen molar-refractivity contribution in [3.63, 3.8) is 0 Å². The number of rotatable bonds is 16. The molecule has 6 heteroatoms. The first-order valence-electron chi connectivity index (χ1n) is 11.2. The third-order valence-corrected chi connectivity index (χ3v) is 16.4. The van der Waals surface area contributed by atoms with Crippen LogP contribution < -0.4 is 0 Å². The van der Waals surface area contributed by atoms with Gasteiger partial charge in [0.25, 0.3) is 0 Å². The SMILES string of the molecule is C[SiH](C)CC[Si](C)(C)CCCCC(F)OCCC[Si](C)(C)CC[SiH](C)C. The summed E-state index contributed by atoms with van der Waals surface area (Å²) in [6.45, 7) is 20.4. The number of unbranched alkanes of at least 4 members (excludes halogenated alkanes) is 1. The number of ether oxygens (including phenoxy) is 1. The lowest BCUT2D eigenvalue weighted by Gasteiger charge is -2.24. The zero-order chi connectivity index (χ0) is 20.2. The second-order valence-electron chi connectivity index (χ2n) is 10.8. The minimum absolute atomic E-state index is 0.407. The van der Waals surface area contributed by atoms with E-state index in [0.717, 1.165) is 12.8 Å². The van der Waals surface area contributed by atoms with Gasteiger partial charge >= 0.3 is 0 Å². The first-order chi connectivity index (χ1) is 11.9. The fraction of sp³-hybridized carbons (Fsp3) is 1.00. The molecule has 0 aliphatic rings. The van der Waals surface area contributed by atoms with Crippen molar-refractivity contribution in [2.75, 3.05) is 6.61 Å². The van der Waals surface area contributed by atoms with Crippen LogP contribution in [-0.2, 0) is 4.74 Å². The van der Waals surface area contributed by atoms with Crippen molar-refractivity contribution in [2.24, 2.45) is 0 Å². The molecule has 0 amide bonds. The average Bonchev–Trinajstić information content (AvgIpc) is 2.52. The molecule has 0 aliphatic carbocycles. The molecule has 0 heterocycles. The van der Waals surface area contributed by atoms with Crippen molar-refractivity contribution in [1.29, 1.82) is 0 Å². The largest absolute Gasteiger partial charge is 0.348 e. The molecule has 0 spiro atoms. The summed E-state index contributed by atoms with van der Waals surface area (Å²) >= 11 is 0. The van der Waals surface area contributed by atoms with Crippen LogP contribution in [-0.4, -0.2) is 46.7 Å². The molecule has 26 heavy (non-hydrogen) atoms. The minimum atomic E-state index is -1.07. The predicted octanol–water partition coefficient (Wildman–Crippen LogP) is 7.25. The Hall–Kier alpha value is 0.758. The van der Waals surface area contributed by atoms with Crippen LogP contribution in [0, 0.1) is 0 Å². The first kappa shape index (κ1) is 26.8. The number of alkyl halides is 1. The van der Waals surface area contributed by atoms with E-state index >= 15 is 0 Å². The van der Waals surface area contributed by atoms with Gasteiger partial charge in [-0.1, -0.05) is 95.1 Å². The Morgan fingerprint density at radius 2 is 1.19 bits per heavy atom. The Balaban J connectivity index is 3.73. The van der Waals surface area contributed by atoms with E-state index in [0.29, 0.717) is 13.0 Å².